The van der Waals surface area contributed by atoms with Gasteiger partial charge in [0.05, 0.1) is 0 Å². The molecule has 0 amide bonds. The molecule has 1 aromatic carbocycles. The second kappa shape index (κ2) is 6.78. The summed E-state index contributed by atoms with van der Waals surface area (Å²) in [6.07, 6.45) is 2.25. The molecule has 0 heterocycles. The van der Waals surface area contributed by atoms with Crippen LogP contribution in [0.3, 0.4) is 0 Å². The van der Waals surface area contributed by atoms with Crippen molar-refractivity contribution < 1.29 is 9.72 Å². The van der Waals surface area contributed by atoms with Crippen LogP contribution in [0, 0.1) is 22.0 Å². The third kappa shape index (κ3) is 4.76. The van der Waals surface area contributed by atoms with Gasteiger partial charge < -0.3 is 4.79 Å². The molecule has 0 spiro atoms. The predicted molar refractivity (Wildman–Crippen MR) is 65.3 cm³/mol. The topological polar surface area (TPSA) is 60.2 Å². The first-order chi connectivity index (χ1) is 8.13. The fourth-order valence-corrected chi connectivity index (χ4v) is 1.82. The first-order valence-corrected chi connectivity index (χ1v) is 5.74. The van der Waals surface area contributed by atoms with Gasteiger partial charge in [-0.05, 0) is 18.4 Å². The Balaban J connectivity index is 2.54. The summed E-state index contributed by atoms with van der Waals surface area (Å²) in [4.78, 5) is 20.9. The third-order valence-electron chi connectivity index (χ3n) is 2.99. The number of rotatable bonds is 7. The standard InChI is InChI=1S/C13H17NO3/c1-11(10-15)13(9-14(16)17)8-7-12-5-3-2-4-6-12/h2-6,10-11,13H,7-9H2,1H3/t11-,13?/m1/s1. The zero-order valence-electron chi connectivity index (χ0n) is 9.91. The van der Waals surface area contributed by atoms with Gasteiger partial charge in [0, 0.05) is 16.8 Å². The van der Waals surface area contributed by atoms with Crippen molar-refractivity contribution in [2.45, 2.75) is 19.8 Å². The van der Waals surface area contributed by atoms with E-state index in [1.807, 2.05) is 30.3 Å². The molecule has 1 aromatic rings. The van der Waals surface area contributed by atoms with Crippen molar-refractivity contribution in [3.05, 3.63) is 46.0 Å². The van der Waals surface area contributed by atoms with E-state index in [4.69, 9.17) is 0 Å². The molecule has 0 aliphatic heterocycles. The minimum Gasteiger partial charge on any atom is -0.303 e. The summed E-state index contributed by atoms with van der Waals surface area (Å²) < 4.78 is 0. The van der Waals surface area contributed by atoms with Crippen LogP contribution < -0.4 is 0 Å². The fourth-order valence-electron chi connectivity index (χ4n) is 1.82. The maximum absolute atomic E-state index is 10.7. The molecule has 1 rings (SSSR count). The molecule has 0 bridgehead atoms. The number of benzene rings is 1. The highest BCUT2D eigenvalue weighted by Crippen LogP contribution is 2.17. The van der Waals surface area contributed by atoms with Crippen LogP contribution in [0.5, 0.6) is 0 Å². The smallest absolute Gasteiger partial charge is 0.207 e. The summed E-state index contributed by atoms with van der Waals surface area (Å²) in [5, 5.41) is 10.5. The number of nitrogens with zero attached hydrogens (tertiary/aromatic N) is 1. The highest BCUT2D eigenvalue weighted by Gasteiger charge is 2.21. The molecule has 0 aromatic heterocycles. The van der Waals surface area contributed by atoms with E-state index in [0.717, 1.165) is 18.3 Å². The number of aldehydes is 1. The van der Waals surface area contributed by atoms with Gasteiger partial charge in [0.25, 0.3) is 0 Å². The van der Waals surface area contributed by atoms with Gasteiger partial charge in [0.1, 0.15) is 6.29 Å². The van der Waals surface area contributed by atoms with Gasteiger partial charge in [-0.1, -0.05) is 37.3 Å². The Hall–Kier alpha value is -1.71. The van der Waals surface area contributed by atoms with E-state index in [1.165, 1.54) is 0 Å². The summed E-state index contributed by atoms with van der Waals surface area (Å²) in [7, 11) is 0. The van der Waals surface area contributed by atoms with Crippen molar-refractivity contribution in [1.82, 2.24) is 0 Å². The lowest BCUT2D eigenvalue weighted by atomic mass is 9.89. The van der Waals surface area contributed by atoms with Gasteiger partial charge in [-0.3, -0.25) is 10.1 Å². The van der Waals surface area contributed by atoms with E-state index >= 15 is 0 Å². The second-order valence-electron chi connectivity index (χ2n) is 4.29. The van der Waals surface area contributed by atoms with Gasteiger partial charge in [-0.15, -0.1) is 0 Å². The minimum absolute atomic E-state index is 0.132. The molecule has 4 nitrogen and oxygen atoms in total. The first kappa shape index (κ1) is 13.4. The van der Waals surface area contributed by atoms with Gasteiger partial charge in [-0.25, -0.2) is 0 Å². The highest BCUT2D eigenvalue weighted by atomic mass is 16.6. The molecule has 0 saturated carbocycles. The van der Waals surface area contributed by atoms with Crippen molar-refractivity contribution in [1.29, 1.82) is 0 Å². The Labute approximate surface area is 101 Å². The molecule has 92 valence electrons. The average Bonchev–Trinajstić information content (AvgIpc) is 2.34. The highest BCUT2D eigenvalue weighted by molar-refractivity contribution is 5.53. The molecule has 0 N–H and O–H groups in total. The Morgan fingerprint density at radius 1 is 1.35 bits per heavy atom. The van der Waals surface area contributed by atoms with E-state index in [2.05, 4.69) is 0 Å². The summed E-state index contributed by atoms with van der Waals surface area (Å²) >= 11 is 0. The van der Waals surface area contributed by atoms with E-state index in [0.29, 0.717) is 6.42 Å². The third-order valence-corrected chi connectivity index (χ3v) is 2.99. The van der Waals surface area contributed by atoms with Gasteiger partial charge in [-0.2, -0.15) is 0 Å². The molecule has 0 saturated heterocycles. The number of hydrogen-bond donors (Lipinski definition) is 0. The van der Waals surface area contributed by atoms with E-state index in [9.17, 15) is 14.9 Å². The molecular formula is C13H17NO3. The molecule has 4 heteroatoms. The minimum atomic E-state index is -0.338. The fraction of sp³-hybridized carbons (Fsp3) is 0.462. The van der Waals surface area contributed by atoms with Gasteiger partial charge in [0.15, 0.2) is 0 Å². The molecule has 1 unspecified atom stereocenters. The van der Waals surface area contributed by atoms with Crippen LogP contribution in [0.1, 0.15) is 18.9 Å². The number of hydrogen-bond acceptors (Lipinski definition) is 3. The van der Waals surface area contributed by atoms with Gasteiger partial charge in [0.2, 0.25) is 6.54 Å². The van der Waals surface area contributed by atoms with Gasteiger partial charge >= 0.3 is 0 Å². The quantitative estimate of drug-likeness (QED) is 0.414. The van der Waals surface area contributed by atoms with Crippen LogP contribution >= 0.6 is 0 Å². The van der Waals surface area contributed by atoms with Crippen LogP contribution in [0.25, 0.3) is 0 Å². The predicted octanol–water partition coefficient (Wildman–Crippen LogP) is 2.35. The molecule has 0 aliphatic carbocycles. The van der Waals surface area contributed by atoms with Crippen molar-refractivity contribution in [3.63, 3.8) is 0 Å². The normalized spacial score (nSPS) is 13.9. The molecule has 2 atom stereocenters. The number of carbonyl (C=O) groups excluding carboxylic acids is 1. The van der Waals surface area contributed by atoms with Crippen molar-refractivity contribution >= 4 is 6.29 Å². The zero-order valence-corrected chi connectivity index (χ0v) is 9.91. The first-order valence-electron chi connectivity index (χ1n) is 5.74. The Morgan fingerprint density at radius 3 is 2.53 bits per heavy atom. The average molecular weight is 235 g/mol. The molecule has 0 radical (unpaired) electrons. The van der Waals surface area contributed by atoms with E-state index in [-0.39, 0.29) is 23.3 Å². The molecular weight excluding hydrogens is 218 g/mol. The lowest BCUT2D eigenvalue weighted by Gasteiger charge is -2.15. The van der Waals surface area contributed by atoms with E-state index < -0.39 is 0 Å². The van der Waals surface area contributed by atoms with Crippen LogP contribution in [-0.4, -0.2) is 17.8 Å². The van der Waals surface area contributed by atoms with Crippen LogP contribution in [0.15, 0.2) is 30.3 Å². The molecule has 0 fully saturated rings. The zero-order chi connectivity index (χ0) is 12.7. The Bertz CT molecular complexity index is 364. The molecule has 0 aliphatic rings. The Kier molecular flexibility index (Phi) is 5.33. The van der Waals surface area contributed by atoms with Crippen LogP contribution in [-0.2, 0) is 11.2 Å². The lowest BCUT2D eigenvalue weighted by Crippen LogP contribution is -2.22. The maximum atomic E-state index is 10.7. The summed E-state index contributed by atoms with van der Waals surface area (Å²) in [5.74, 6) is -0.438. The number of carbonyl (C=O) groups is 1. The van der Waals surface area contributed by atoms with Crippen LogP contribution in [0.2, 0.25) is 0 Å². The molecule has 17 heavy (non-hydrogen) atoms. The van der Waals surface area contributed by atoms with Crippen molar-refractivity contribution in [2.75, 3.05) is 6.54 Å². The summed E-state index contributed by atoms with van der Waals surface area (Å²) in [6, 6.07) is 9.82. The van der Waals surface area contributed by atoms with E-state index in [1.54, 1.807) is 6.92 Å². The maximum Gasteiger partial charge on any atom is 0.207 e. The second-order valence-corrected chi connectivity index (χ2v) is 4.29. The van der Waals surface area contributed by atoms with Crippen molar-refractivity contribution in [3.8, 4) is 0 Å². The summed E-state index contributed by atoms with van der Waals surface area (Å²) in [6.45, 7) is 1.61. The van der Waals surface area contributed by atoms with Crippen LogP contribution in [0.4, 0.5) is 0 Å². The summed E-state index contributed by atoms with van der Waals surface area (Å²) in [5.41, 5.74) is 1.15. The number of nitro groups is 1. The Morgan fingerprint density at radius 2 is 2.00 bits per heavy atom. The largest absolute Gasteiger partial charge is 0.303 e. The SMILES string of the molecule is C[C@H](C=O)C(CCc1ccccc1)C[N+](=O)[O-]. The monoisotopic (exact) mass is 235 g/mol. The lowest BCUT2D eigenvalue weighted by molar-refractivity contribution is -0.489. The number of aryl methyl sites for hydroxylation is 1. The van der Waals surface area contributed by atoms with Crippen molar-refractivity contribution in [2.24, 2.45) is 11.8 Å².